The first-order valence-corrected chi connectivity index (χ1v) is 12.2. The lowest BCUT2D eigenvalue weighted by Gasteiger charge is -2.53. The van der Waals surface area contributed by atoms with Gasteiger partial charge >= 0.3 is 0 Å². The Bertz CT molecular complexity index is 1040. The molecular weight excluding hydrogens is 394 g/mol. The van der Waals surface area contributed by atoms with Crippen LogP contribution in [-0.2, 0) is 4.79 Å². The summed E-state index contributed by atoms with van der Waals surface area (Å²) >= 11 is 0. The maximum absolute atomic E-state index is 12.3. The van der Waals surface area contributed by atoms with Crippen LogP contribution in [0.5, 0.6) is 0 Å². The zero-order valence-electron chi connectivity index (χ0n) is 19.7. The maximum atomic E-state index is 12.3. The number of anilines is 1. The fourth-order valence-electron chi connectivity index (χ4n) is 7.53. The molecule has 1 aromatic carbocycles. The van der Waals surface area contributed by atoms with Gasteiger partial charge in [0.1, 0.15) is 0 Å². The highest BCUT2D eigenvalue weighted by molar-refractivity contribution is 5.93. The van der Waals surface area contributed by atoms with Crippen molar-refractivity contribution in [2.75, 3.05) is 19.0 Å². The van der Waals surface area contributed by atoms with E-state index in [2.05, 4.69) is 42.0 Å². The molecule has 5 rings (SSSR count). The van der Waals surface area contributed by atoms with Crippen molar-refractivity contribution in [3.63, 3.8) is 0 Å². The van der Waals surface area contributed by atoms with Crippen LogP contribution in [0.1, 0.15) is 69.8 Å². The summed E-state index contributed by atoms with van der Waals surface area (Å²) in [6, 6.07) is 8.39. The Hall–Kier alpha value is -2.31. The van der Waals surface area contributed by atoms with E-state index in [1.54, 1.807) is 5.57 Å². The van der Waals surface area contributed by atoms with Gasteiger partial charge in [-0.25, -0.2) is 0 Å². The molecule has 2 fully saturated rings. The average molecular weight is 430 g/mol. The van der Waals surface area contributed by atoms with Crippen molar-refractivity contribution in [3.05, 3.63) is 52.6 Å². The number of terminal acetylenes is 1. The molecule has 32 heavy (non-hydrogen) atoms. The Morgan fingerprint density at radius 3 is 2.53 bits per heavy atom. The van der Waals surface area contributed by atoms with Crippen molar-refractivity contribution in [3.8, 4) is 12.3 Å². The zero-order chi connectivity index (χ0) is 22.7. The van der Waals surface area contributed by atoms with E-state index >= 15 is 0 Å². The van der Waals surface area contributed by atoms with Gasteiger partial charge in [-0.15, -0.1) is 6.42 Å². The van der Waals surface area contributed by atoms with Crippen molar-refractivity contribution in [2.45, 2.75) is 69.8 Å². The minimum atomic E-state index is -0.888. The molecule has 2 saturated carbocycles. The second-order valence-electron chi connectivity index (χ2n) is 10.9. The summed E-state index contributed by atoms with van der Waals surface area (Å²) in [6.45, 7) is 2.31. The van der Waals surface area contributed by atoms with E-state index in [0.29, 0.717) is 18.3 Å². The monoisotopic (exact) mass is 429 g/mol. The Morgan fingerprint density at radius 2 is 1.84 bits per heavy atom. The minimum absolute atomic E-state index is 0.190. The number of carbonyl (C=O) groups excluding carboxylic acids is 1. The fourth-order valence-corrected chi connectivity index (χ4v) is 7.53. The molecule has 0 spiro atoms. The summed E-state index contributed by atoms with van der Waals surface area (Å²) in [5.74, 6) is 3.98. The van der Waals surface area contributed by atoms with Crippen molar-refractivity contribution >= 4 is 11.5 Å². The van der Waals surface area contributed by atoms with Crippen LogP contribution in [0.2, 0.25) is 0 Å². The summed E-state index contributed by atoms with van der Waals surface area (Å²) in [5, 5.41) is 12.3. The van der Waals surface area contributed by atoms with Gasteiger partial charge in [0, 0.05) is 31.6 Å². The molecule has 0 amide bonds. The van der Waals surface area contributed by atoms with E-state index < -0.39 is 5.60 Å². The average Bonchev–Trinajstić information content (AvgIpc) is 3.05. The van der Waals surface area contributed by atoms with E-state index in [1.165, 1.54) is 11.1 Å². The summed E-state index contributed by atoms with van der Waals surface area (Å²) in [5.41, 5.74) is 5.47. The van der Waals surface area contributed by atoms with E-state index in [4.69, 9.17) is 6.42 Å². The Kier molecular flexibility index (Phi) is 5.13. The molecule has 4 aliphatic carbocycles. The van der Waals surface area contributed by atoms with Gasteiger partial charge in [-0.05, 0) is 91.7 Å². The molecule has 168 valence electrons. The van der Waals surface area contributed by atoms with E-state index in [1.807, 2.05) is 20.2 Å². The molecule has 3 heteroatoms. The predicted molar refractivity (Wildman–Crippen MR) is 129 cm³/mol. The summed E-state index contributed by atoms with van der Waals surface area (Å²) in [4.78, 5) is 14.0. The third-order valence-corrected chi connectivity index (χ3v) is 9.33. The highest BCUT2D eigenvalue weighted by Gasteiger charge is 2.63. The zero-order valence-corrected chi connectivity index (χ0v) is 19.7. The number of rotatable bonds is 3. The molecule has 3 nitrogen and oxygen atoms in total. The number of nitrogens with zero attached hydrogens (tertiary/aromatic N) is 1. The van der Waals surface area contributed by atoms with Crippen molar-refractivity contribution in [1.29, 1.82) is 0 Å². The minimum Gasteiger partial charge on any atom is -0.388 e. The fraction of sp³-hybridized carbons (Fsp3) is 0.552. The van der Waals surface area contributed by atoms with Gasteiger partial charge in [-0.1, -0.05) is 30.6 Å². The first-order valence-electron chi connectivity index (χ1n) is 12.2. The van der Waals surface area contributed by atoms with Gasteiger partial charge in [0.25, 0.3) is 0 Å². The third kappa shape index (κ3) is 3.03. The number of fused-ring (bicyclic) bond motifs is 4. The number of allylic oxidation sites excluding steroid dienone is 4. The van der Waals surface area contributed by atoms with E-state index in [-0.39, 0.29) is 17.1 Å². The van der Waals surface area contributed by atoms with Gasteiger partial charge in [0.2, 0.25) is 0 Å². The smallest absolute Gasteiger partial charge is 0.156 e. The van der Waals surface area contributed by atoms with Crippen LogP contribution in [0.15, 0.2) is 47.1 Å². The molecular formula is C29H35NO2. The lowest BCUT2D eigenvalue weighted by molar-refractivity contribution is -0.114. The molecule has 1 aromatic rings. The number of ketones is 1. The van der Waals surface area contributed by atoms with Crippen LogP contribution in [0, 0.1) is 29.6 Å². The van der Waals surface area contributed by atoms with Crippen LogP contribution >= 0.6 is 0 Å². The van der Waals surface area contributed by atoms with Crippen molar-refractivity contribution in [2.24, 2.45) is 17.3 Å². The summed E-state index contributed by atoms with van der Waals surface area (Å²) < 4.78 is 0. The van der Waals surface area contributed by atoms with Gasteiger partial charge in [0.05, 0.1) is 11.5 Å². The predicted octanol–water partition coefficient (Wildman–Crippen LogP) is 5.41. The quantitative estimate of drug-likeness (QED) is 0.654. The first-order chi connectivity index (χ1) is 15.3. The molecule has 4 aliphatic rings. The van der Waals surface area contributed by atoms with Crippen LogP contribution in [0.4, 0.5) is 5.69 Å². The SMILES string of the molecule is C#CC(c1ccc(N(C)C)cc1)[C@@]1(O)CC[C@H]2[C@@H]3CCC4=CC(=O)CCC4=C3CC[C@@]21C. The van der Waals surface area contributed by atoms with Gasteiger partial charge in [-0.2, -0.15) is 0 Å². The lowest BCUT2D eigenvalue weighted by Crippen LogP contribution is -2.52. The number of hydrogen-bond acceptors (Lipinski definition) is 3. The van der Waals surface area contributed by atoms with Gasteiger partial charge < -0.3 is 10.0 Å². The molecule has 1 unspecified atom stereocenters. The molecule has 0 heterocycles. The number of aliphatic hydroxyl groups is 1. The highest BCUT2D eigenvalue weighted by atomic mass is 16.3. The van der Waals surface area contributed by atoms with Crippen LogP contribution in [0.3, 0.4) is 0 Å². The van der Waals surface area contributed by atoms with Crippen LogP contribution in [0.25, 0.3) is 0 Å². The topological polar surface area (TPSA) is 40.5 Å². The van der Waals surface area contributed by atoms with Gasteiger partial charge in [0.15, 0.2) is 5.78 Å². The Labute approximate surface area is 192 Å². The Morgan fingerprint density at radius 1 is 1.09 bits per heavy atom. The molecule has 0 aromatic heterocycles. The molecule has 0 radical (unpaired) electrons. The first kappa shape index (κ1) is 21.5. The molecule has 5 atom stereocenters. The molecule has 0 aliphatic heterocycles. The van der Waals surface area contributed by atoms with Crippen LogP contribution < -0.4 is 4.90 Å². The lowest BCUT2D eigenvalue weighted by atomic mass is 9.53. The van der Waals surface area contributed by atoms with Crippen LogP contribution in [-0.4, -0.2) is 30.6 Å². The second kappa shape index (κ2) is 7.63. The molecule has 1 N–H and O–H groups in total. The van der Waals surface area contributed by atoms with Crippen molar-refractivity contribution in [1.82, 2.24) is 0 Å². The molecule has 0 bridgehead atoms. The number of benzene rings is 1. The standard InChI is InChI=1S/C29H35NO2/c1-5-26(19-6-9-21(10-7-19)30(3)4)29(32)17-15-27-25-12-8-20-18-22(31)11-13-23(20)24(25)14-16-28(27,29)2/h1,6-7,9-10,18,25-27,32H,8,11-17H2,2-4H3/t25-,26?,27+,28+,29+/m1/s1. The van der Waals surface area contributed by atoms with Crippen molar-refractivity contribution < 1.29 is 9.90 Å². The third-order valence-electron chi connectivity index (χ3n) is 9.33. The summed E-state index contributed by atoms with van der Waals surface area (Å²) in [7, 11) is 4.07. The number of hydrogen-bond donors (Lipinski definition) is 1. The largest absolute Gasteiger partial charge is 0.388 e. The Balaban J connectivity index is 1.49. The van der Waals surface area contributed by atoms with E-state index in [9.17, 15) is 9.90 Å². The second-order valence-corrected chi connectivity index (χ2v) is 10.9. The summed E-state index contributed by atoms with van der Waals surface area (Å²) in [6.07, 6.45) is 15.5. The normalized spacial score (nSPS) is 34.7. The highest BCUT2D eigenvalue weighted by Crippen LogP contribution is 2.66. The maximum Gasteiger partial charge on any atom is 0.156 e. The van der Waals surface area contributed by atoms with E-state index in [0.717, 1.165) is 56.2 Å². The van der Waals surface area contributed by atoms with Gasteiger partial charge in [-0.3, -0.25) is 4.79 Å². The number of carbonyl (C=O) groups is 1. The molecule has 0 saturated heterocycles.